The van der Waals surface area contributed by atoms with Crippen LogP contribution in [0.25, 0.3) is 5.57 Å². The van der Waals surface area contributed by atoms with Crippen LogP contribution in [0, 0.1) is 0 Å². The van der Waals surface area contributed by atoms with Crippen molar-refractivity contribution in [1.29, 1.82) is 0 Å². The average Bonchev–Trinajstić information content (AvgIpc) is 2.86. The Labute approximate surface area is 153 Å². The number of rotatable bonds is 4. The van der Waals surface area contributed by atoms with Gasteiger partial charge in [-0.15, -0.1) is 0 Å². The van der Waals surface area contributed by atoms with Gasteiger partial charge in [-0.3, -0.25) is 14.5 Å². The van der Waals surface area contributed by atoms with Crippen molar-refractivity contribution in [3.63, 3.8) is 0 Å². The summed E-state index contributed by atoms with van der Waals surface area (Å²) in [6, 6.07) is 7.39. The van der Waals surface area contributed by atoms with Crippen molar-refractivity contribution in [1.82, 2.24) is 14.7 Å². The van der Waals surface area contributed by atoms with Gasteiger partial charge in [-0.2, -0.15) is 0 Å². The van der Waals surface area contributed by atoms with E-state index in [2.05, 4.69) is 11.9 Å². The maximum atomic E-state index is 12.9. The summed E-state index contributed by atoms with van der Waals surface area (Å²) in [4.78, 5) is 31.4. The smallest absolute Gasteiger partial charge is 0.277 e. The molecule has 6 heteroatoms. The van der Waals surface area contributed by atoms with Crippen LogP contribution in [0.5, 0.6) is 0 Å². The van der Waals surface area contributed by atoms with Crippen molar-refractivity contribution >= 4 is 29.0 Å². The van der Waals surface area contributed by atoms with Gasteiger partial charge in [-0.1, -0.05) is 23.7 Å². The van der Waals surface area contributed by atoms with E-state index in [0.29, 0.717) is 22.8 Å². The third-order valence-corrected chi connectivity index (χ3v) is 5.43. The van der Waals surface area contributed by atoms with Gasteiger partial charge in [0, 0.05) is 24.7 Å². The Morgan fingerprint density at radius 3 is 2.28 bits per heavy atom. The summed E-state index contributed by atoms with van der Waals surface area (Å²) < 4.78 is 0. The van der Waals surface area contributed by atoms with E-state index in [4.69, 9.17) is 11.6 Å². The van der Waals surface area contributed by atoms with Crippen LogP contribution in [0.15, 0.2) is 30.0 Å². The molecule has 0 saturated carbocycles. The van der Waals surface area contributed by atoms with Crippen molar-refractivity contribution in [3.8, 4) is 0 Å². The number of likely N-dealkylation sites (tertiary alicyclic amines) is 1. The first-order valence-electron chi connectivity index (χ1n) is 8.71. The number of carbonyl (C=O) groups excluding carboxylic acids is 2. The van der Waals surface area contributed by atoms with Gasteiger partial charge >= 0.3 is 0 Å². The number of nitrogens with zero attached hydrogens (tertiary/aromatic N) is 3. The Kier molecular flexibility index (Phi) is 5.16. The van der Waals surface area contributed by atoms with E-state index in [1.807, 2.05) is 31.0 Å². The molecule has 0 spiro atoms. The highest BCUT2D eigenvalue weighted by Gasteiger charge is 2.41. The quantitative estimate of drug-likeness (QED) is 0.773. The molecule has 2 heterocycles. The van der Waals surface area contributed by atoms with Gasteiger partial charge in [0.15, 0.2) is 0 Å². The monoisotopic (exact) mass is 361 g/mol. The molecule has 1 saturated heterocycles. The van der Waals surface area contributed by atoms with Gasteiger partial charge in [0.1, 0.15) is 5.70 Å². The largest absolute Gasteiger partial charge is 0.366 e. The Balaban J connectivity index is 2.01. The number of piperidine rings is 1. The van der Waals surface area contributed by atoms with E-state index in [0.717, 1.165) is 31.5 Å². The first-order chi connectivity index (χ1) is 11.9. The van der Waals surface area contributed by atoms with E-state index in [-0.39, 0.29) is 17.9 Å². The molecule has 0 aliphatic carbocycles. The van der Waals surface area contributed by atoms with Crippen LogP contribution in [0.3, 0.4) is 0 Å². The van der Waals surface area contributed by atoms with Gasteiger partial charge in [-0.25, -0.2) is 0 Å². The van der Waals surface area contributed by atoms with E-state index >= 15 is 0 Å². The van der Waals surface area contributed by atoms with Crippen molar-refractivity contribution in [2.24, 2.45) is 0 Å². The van der Waals surface area contributed by atoms with Crippen molar-refractivity contribution < 1.29 is 9.59 Å². The zero-order valence-corrected chi connectivity index (χ0v) is 15.7. The van der Waals surface area contributed by atoms with Crippen LogP contribution in [-0.2, 0) is 9.59 Å². The summed E-state index contributed by atoms with van der Waals surface area (Å²) in [5.74, 6) is -0.413. The maximum absolute atomic E-state index is 12.9. The summed E-state index contributed by atoms with van der Waals surface area (Å²) in [6.45, 7) is 4.20. The summed E-state index contributed by atoms with van der Waals surface area (Å²) in [6.07, 6.45) is 1.97. The van der Waals surface area contributed by atoms with E-state index in [9.17, 15) is 9.59 Å². The van der Waals surface area contributed by atoms with Crippen LogP contribution >= 0.6 is 11.6 Å². The standard InChI is InChI=1S/C19H24ClN3O2/c1-4-23-18(24)16(13-5-7-14(20)8-6-13)17(19(23)25)22(3)15-9-11-21(2)12-10-15/h5-8,15H,4,9-12H2,1-3H3. The number of halogens is 1. The molecule has 0 aromatic heterocycles. The third kappa shape index (κ3) is 3.31. The number of imide groups is 1. The van der Waals surface area contributed by atoms with Crippen LogP contribution in [-0.4, -0.2) is 66.3 Å². The molecule has 134 valence electrons. The first kappa shape index (κ1) is 18.0. The summed E-state index contributed by atoms with van der Waals surface area (Å²) in [5, 5.41) is 0.610. The fourth-order valence-electron chi connectivity index (χ4n) is 3.62. The minimum atomic E-state index is -0.218. The van der Waals surface area contributed by atoms with E-state index in [1.165, 1.54) is 4.90 Å². The third-order valence-electron chi connectivity index (χ3n) is 5.18. The molecule has 1 fully saturated rings. The molecule has 0 bridgehead atoms. The van der Waals surface area contributed by atoms with Crippen LogP contribution in [0.2, 0.25) is 5.02 Å². The minimum Gasteiger partial charge on any atom is -0.366 e. The molecule has 0 radical (unpaired) electrons. The molecule has 0 N–H and O–H groups in total. The van der Waals surface area contributed by atoms with Crippen molar-refractivity contribution in [3.05, 3.63) is 40.5 Å². The highest BCUT2D eigenvalue weighted by Crippen LogP contribution is 2.33. The van der Waals surface area contributed by atoms with Gasteiger partial charge in [0.05, 0.1) is 5.57 Å². The number of hydrogen-bond acceptors (Lipinski definition) is 4. The highest BCUT2D eigenvalue weighted by atomic mass is 35.5. The second-order valence-electron chi connectivity index (χ2n) is 6.73. The number of amides is 2. The highest BCUT2D eigenvalue weighted by molar-refractivity contribution is 6.36. The first-order valence-corrected chi connectivity index (χ1v) is 9.09. The molecule has 2 aliphatic rings. The van der Waals surface area contributed by atoms with E-state index < -0.39 is 0 Å². The molecule has 1 aromatic rings. The molecule has 0 atom stereocenters. The average molecular weight is 362 g/mol. The van der Waals surface area contributed by atoms with Gasteiger partial charge in [0.2, 0.25) is 0 Å². The maximum Gasteiger partial charge on any atom is 0.277 e. The fraction of sp³-hybridized carbons (Fsp3) is 0.474. The van der Waals surface area contributed by atoms with Crippen molar-refractivity contribution in [2.45, 2.75) is 25.8 Å². The molecule has 5 nitrogen and oxygen atoms in total. The van der Waals surface area contributed by atoms with Gasteiger partial charge in [0.25, 0.3) is 11.8 Å². The normalized spacial score (nSPS) is 19.9. The SMILES string of the molecule is CCN1C(=O)C(c2ccc(Cl)cc2)=C(N(C)C2CCN(C)CC2)C1=O. The molecule has 1 aromatic carbocycles. The lowest BCUT2D eigenvalue weighted by Crippen LogP contribution is -2.43. The van der Waals surface area contributed by atoms with Gasteiger partial charge < -0.3 is 9.80 Å². The number of carbonyl (C=O) groups is 2. The molecule has 2 amide bonds. The van der Waals surface area contributed by atoms with Crippen LogP contribution in [0.1, 0.15) is 25.3 Å². The number of hydrogen-bond donors (Lipinski definition) is 0. The van der Waals surface area contributed by atoms with Crippen LogP contribution < -0.4 is 0 Å². The lowest BCUT2D eigenvalue weighted by atomic mass is 10.0. The predicted molar refractivity (Wildman–Crippen MR) is 99.0 cm³/mol. The molecule has 0 unspecified atom stereocenters. The Hall–Kier alpha value is -1.85. The van der Waals surface area contributed by atoms with E-state index in [1.54, 1.807) is 12.1 Å². The van der Waals surface area contributed by atoms with Gasteiger partial charge in [-0.05, 0) is 57.6 Å². The number of likely N-dealkylation sites (N-methyl/N-ethyl adjacent to an activating group) is 2. The zero-order valence-electron chi connectivity index (χ0n) is 15.0. The second-order valence-corrected chi connectivity index (χ2v) is 7.17. The Morgan fingerprint density at radius 2 is 1.72 bits per heavy atom. The summed E-state index contributed by atoms with van der Waals surface area (Å²) in [7, 11) is 4.04. The summed E-state index contributed by atoms with van der Waals surface area (Å²) in [5.41, 5.74) is 1.75. The fourth-order valence-corrected chi connectivity index (χ4v) is 3.75. The molecular weight excluding hydrogens is 338 g/mol. The lowest BCUT2D eigenvalue weighted by Gasteiger charge is -2.36. The zero-order chi connectivity index (χ0) is 18.1. The van der Waals surface area contributed by atoms with Crippen LogP contribution in [0.4, 0.5) is 0 Å². The minimum absolute atomic E-state index is 0.195. The molecular formula is C19H24ClN3O2. The Bertz CT molecular complexity index is 706. The Morgan fingerprint density at radius 1 is 1.12 bits per heavy atom. The molecule has 25 heavy (non-hydrogen) atoms. The van der Waals surface area contributed by atoms with Crippen molar-refractivity contribution in [2.75, 3.05) is 33.7 Å². The summed E-state index contributed by atoms with van der Waals surface area (Å²) >= 11 is 5.98. The predicted octanol–water partition coefficient (Wildman–Crippen LogP) is 2.47. The molecule has 2 aliphatic heterocycles. The molecule has 3 rings (SSSR count). The lowest BCUT2D eigenvalue weighted by molar-refractivity contribution is -0.137. The second kappa shape index (κ2) is 7.18. The number of benzene rings is 1. The topological polar surface area (TPSA) is 43.9 Å².